The molecule has 88 valence electrons. The van der Waals surface area contributed by atoms with Gasteiger partial charge in [0.05, 0.1) is 23.8 Å². The molecule has 3 heteroatoms. The minimum Gasteiger partial charge on any atom is -0.387 e. The minimum atomic E-state index is 0.878. The Labute approximate surface area is 97.9 Å². The number of aromatic nitrogens is 1. The maximum Gasteiger partial charge on any atom is 0.0573 e. The molecule has 0 radical (unpaired) electrons. The van der Waals surface area contributed by atoms with Crippen molar-refractivity contribution < 1.29 is 0 Å². The van der Waals surface area contributed by atoms with E-state index in [-0.39, 0.29) is 0 Å². The fourth-order valence-electron chi connectivity index (χ4n) is 2.45. The summed E-state index contributed by atoms with van der Waals surface area (Å²) in [5.41, 5.74) is 2.35. The lowest BCUT2D eigenvalue weighted by molar-refractivity contribution is 0.530. The van der Waals surface area contributed by atoms with E-state index in [0.717, 1.165) is 11.6 Å². The van der Waals surface area contributed by atoms with Crippen LogP contribution in [0.5, 0.6) is 0 Å². The standard InChI is InChI=1S/C13H21N3/c1-3-4-11-5-6-16(10-11)13-7-12(14-2)8-15-9-13/h7-9,11,14H,3-6,10H2,1-2H3. The van der Waals surface area contributed by atoms with Gasteiger partial charge in [-0.3, -0.25) is 4.98 Å². The van der Waals surface area contributed by atoms with Gasteiger partial charge in [0.25, 0.3) is 0 Å². The van der Waals surface area contributed by atoms with Crippen molar-refractivity contribution in [3.8, 4) is 0 Å². The van der Waals surface area contributed by atoms with Gasteiger partial charge >= 0.3 is 0 Å². The molecule has 0 bridgehead atoms. The molecule has 1 aromatic rings. The number of hydrogen-bond donors (Lipinski definition) is 1. The molecule has 0 aliphatic carbocycles. The average molecular weight is 219 g/mol. The molecule has 1 aliphatic rings. The first-order chi connectivity index (χ1) is 7.83. The van der Waals surface area contributed by atoms with Gasteiger partial charge in [0.15, 0.2) is 0 Å². The number of rotatable bonds is 4. The highest BCUT2D eigenvalue weighted by Crippen LogP contribution is 2.27. The summed E-state index contributed by atoms with van der Waals surface area (Å²) >= 11 is 0. The molecule has 0 spiro atoms. The topological polar surface area (TPSA) is 28.2 Å². The molecule has 3 nitrogen and oxygen atoms in total. The quantitative estimate of drug-likeness (QED) is 0.844. The first kappa shape index (κ1) is 11.2. The molecule has 1 fully saturated rings. The van der Waals surface area contributed by atoms with E-state index in [4.69, 9.17) is 0 Å². The molecule has 1 aliphatic heterocycles. The van der Waals surface area contributed by atoms with Gasteiger partial charge in [-0.05, 0) is 24.8 Å². The molecule has 2 heterocycles. The second-order valence-corrected chi connectivity index (χ2v) is 4.57. The number of nitrogens with zero attached hydrogens (tertiary/aromatic N) is 2. The predicted octanol–water partition coefficient (Wildman–Crippen LogP) is 2.75. The van der Waals surface area contributed by atoms with E-state index in [9.17, 15) is 0 Å². The minimum absolute atomic E-state index is 0.878. The van der Waals surface area contributed by atoms with E-state index in [1.165, 1.54) is 38.0 Å². The highest BCUT2D eigenvalue weighted by Gasteiger charge is 2.21. The monoisotopic (exact) mass is 219 g/mol. The van der Waals surface area contributed by atoms with Crippen molar-refractivity contribution in [2.45, 2.75) is 26.2 Å². The summed E-state index contributed by atoms with van der Waals surface area (Å²) in [5.74, 6) is 0.878. The van der Waals surface area contributed by atoms with Crippen LogP contribution < -0.4 is 10.2 Å². The highest BCUT2D eigenvalue weighted by atomic mass is 15.2. The summed E-state index contributed by atoms with van der Waals surface area (Å²) < 4.78 is 0. The predicted molar refractivity (Wildman–Crippen MR) is 69.0 cm³/mol. The van der Waals surface area contributed by atoms with Crippen LogP contribution in [0.1, 0.15) is 26.2 Å². The van der Waals surface area contributed by atoms with E-state index in [2.05, 4.69) is 28.2 Å². The molecule has 16 heavy (non-hydrogen) atoms. The normalized spacial score (nSPS) is 20.1. The second-order valence-electron chi connectivity index (χ2n) is 4.57. The molecule has 1 unspecified atom stereocenters. The Morgan fingerprint density at radius 2 is 2.38 bits per heavy atom. The Balaban J connectivity index is 2.02. The van der Waals surface area contributed by atoms with E-state index < -0.39 is 0 Å². The van der Waals surface area contributed by atoms with Crippen molar-refractivity contribution in [2.24, 2.45) is 5.92 Å². The van der Waals surface area contributed by atoms with E-state index >= 15 is 0 Å². The van der Waals surface area contributed by atoms with Gasteiger partial charge in [-0.1, -0.05) is 13.3 Å². The summed E-state index contributed by atoms with van der Waals surface area (Å²) in [5, 5.41) is 3.14. The van der Waals surface area contributed by atoms with Crippen LogP contribution in [0.2, 0.25) is 0 Å². The van der Waals surface area contributed by atoms with Crippen LogP contribution in [-0.4, -0.2) is 25.1 Å². The van der Waals surface area contributed by atoms with Crippen LogP contribution in [-0.2, 0) is 0 Å². The van der Waals surface area contributed by atoms with E-state index in [1.54, 1.807) is 0 Å². The van der Waals surface area contributed by atoms with Crippen molar-refractivity contribution >= 4 is 11.4 Å². The van der Waals surface area contributed by atoms with Crippen LogP contribution in [0.25, 0.3) is 0 Å². The highest BCUT2D eigenvalue weighted by molar-refractivity contribution is 5.55. The molecule has 0 amide bonds. The number of pyridine rings is 1. The fraction of sp³-hybridized carbons (Fsp3) is 0.615. The second kappa shape index (κ2) is 5.19. The maximum atomic E-state index is 4.27. The Bertz CT molecular complexity index is 338. The van der Waals surface area contributed by atoms with Crippen LogP contribution >= 0.6 is 0 Å². The zero-order valence-corrected chi connectivity index (χ0v) is 10.2. The number of hydrogen-bond acceptors (Lipinski definition) is 3. The summed E-state index contributed by atoms with van der Waals surface area (Å²) in [6.45, 7) is 4.65. The summed E-state index contributed by atoms with van der Waals surface area (Å²) in [7, 11) is 1.94. The van der Waals surface area contributed by atoms with Crippen molar-refractivity contribution in [3.05, 3.63) is 18.5 Å². The number of nitrogens with one attached hydrogen (secondary N) is 1. The van der Waals surface area contributed by atoms with Crippen molar-refractivity contribution in [1.82, 2.24) is 4.98 Å². The Morgan fingerprint density at radius 1 is 1.50 bits per heavy atom. The third-order valence-electron chi connectivity index (χ3n) is 3.36. The average Bonchev–Trinajstić information content (AvgIpc) is 2.78. The zero-order valence-electron chi connectivity index (χ0n) is 10.2. The lowest BCUT2D eigenvalue weighted by Crippen LogP contribution is -2.19. The fourth-order valence-corrected chi connectivity index (χ4v) is 2.45. The van der Waals surface area contributed by atoms with Gasteiger partial charge in [-0.2, -0.15) is 0 Å². The van der Waals surface area contributed by atoms with Gasteiger partial charge in [0, 0.05) is 20.1 Å². The SMILES string of the molecule is CCCC1CCN(c2cncc(NC)c2)C1. The van der Waals surface area contributed by atoms with Crippen LogP contribution in [0, 0.1) is 5.92 Å². The molecule has 0 aromatic carbocycles. The third kappa shape index (κ3) is 2.46. The Hall–Kier alpha value is -1.25. The van der Waals surface area contributed by atoms with Crippen molar-refractivity contribution in [1.29, 1.82) is 0 Å². The smallest absolute Gasteiger partial charge is 0.0573 e. The van der Waals surface area contributed by atoms with Gasteiger partial charge in [0.2, 0.25) is 0 Å². The van der Waals surface area contributed by atoms with Crippen molar-refractivity contribution in [2.75, 3.05) is 30.4 Å². The largest absolute Gasteiger partial charge is 0.387 e. The lowest BCUT2D eigenvalue weighted by atomic mass is 10.0. The Morgan fingerprint density at radius 3 is 3.12 bits per heavy atom. The first-order valence-electron chi connectivity index (χ1n) is 6.21. The van der Waals surface area contributed by atoms with E-state index in [0.29, 0.717) is 0 Å². The first-order valence-corrected chi connectivity index (χ1v) is 6.21. The molecule has 2 rings (SSSR count). The summed E-state index contributed by atoms with van der Waals surface area (Å²) in [6.07, 6.45) is 7.82. The molecule has 1 N–H and O–H groups in total. The number of anilines is 2. The van der Waals surface area contributed by atoms with E-state index in [1.807, 2.05) is 19.4 Å². The zero-order chi connectivity index (χ0) is 11.4. The van der Waals surface area contributed by atoms with Gasteiger partial charge in [0.1, 0.15) is 0 Å². The molecule has 1 aromatic heterocycles. The van der Waals surface area contributed by atoms with Crippen LogP contribution in [0.15, 0.2) is 18.5 Å². The molecular formula is C13H21N3. The van der Waals surface area contributed by atoms with Gasteiger partial charge in [-0.15, -0.1) is 0 Å². The maximum absolute atomic E-state index is 4.27. The van der Waals surface area contributed by atoms with Crippen LogP contribution in [0.3, 0.4) is 0 Å². The lowest BCUT2D eigenvalue weighted by Gasteiger charge is -2.18. The third-order valence-corrected chi connectivity index (χ3v) is 3.36. The van der Waals surface area contributed by atoms with Crippen LogP contribution in [0.4, 0.5) is 11.4 Å². The summed E-state index contributed by atoms with van der Waals surface area (Å²) in [4.78, 5) is 6.72. The molecule has 0 saturated carbocycles. The van der Waals surface area contributed by atoms with Gasteiger partial charge in [-0.25, -0.2) is 0 Å². The molecule has 1 atom stereocenters. The van der Waals surface area contributed by atoms with Crippen molar-refractivity contribution in [3.63, 3.8) is 0 Å². The van der Waals surface area contributed by atoms with Gasteiger partial charge < -0.3 is 10.2 Å². The molecule has 1 saturated heterocycles. The molecular weight excluding hydrogens is 198 g/mol. The summed E-state index contributed by atoms with van der Waals surface area (Å²) in [6, 6.07) is 2.18. The Kier molecular flexibility index (Phi) is 3.65.